The fourth-order valence-corrected chi connectivity index (χ4v) is 5.78. The molecule has 1 N–H and O–H groups in total. The summed E-state index contributed by atoms with van der Waals surface area (Å²) in [5, 5.41) is 21.7. The average molecular weight is 463 g/mol. The Hall–Kier alpha value is -3.45. The third kappa shape index (κ3) is 3.10. The molecule has 0 spiro atoms. The van der Waals surface area contributed by atoms with Gasteiger partial charge in [0.25, 0.3) is 0 Å². The van der Waals surface area contributed by atoms with Gasteiger partial charge in [-0.15, -0.1) is 0 Å². The van der Waals surface area contributed by atoms with Crippen molar-refractivity contribution in [3.8, 4) is 6.07 Å². The molecule has 176 valence electrons. The van der Waals surface area contributed by atoms with Crippen molar-refractivity contribution < 1.29 is 9.18 Å². The molecule has 6 heterocycles. The zero-order chi connectivity index (χ0) is 23.6. The second-order valence-electron chi connectivity index (χ2n) is 9.68. The molecule has 3 atom stereocenters. The standard InChI is InChI=1S/C24H27FN8O/c1-14-8-17-20(12-31(14)24(34)19-4-3-7-27-19)29-32-15(2)11-30(13-22(17)32)21-6-5-16(9-26)33-23(21)18(25)10-28-33/h5-6,10,14-15,19,27H,3-4,7-8,11-13H2,1-2H3/t14-,15+,19+/m0/s1. The van der Waals surface area contributed by atoms with Gasteiger partial charge in [-0.05, 0) is 51.8 Å². The minimum absolute atomic E-state index is 0.0759. The van der Waals surface area contributed by atoms with Crippen molar-refractivity contribution in [1.29, 1.82) is 5.26 Å². The van der Waals surface area contributed by atoms with E-state index >= 15 is 0 Å². The zero-order valence-corrected chi connectivity index (χ0v) is 19.3. The molecule has 0 unspecified atom stereocenters. The highest BCUT2D eigenvalue weighted by Gasteiger charge is 2.38. The van der Waals surface area contributed by atoms with Gasteiger partial charge in [-0.3, -0.25) is 9.48 Å². The predicted molar refractivity (Wildman–Crippen MR) is 123 cm³/mol. The molecule has 9 nitrogen and oxygen atoms in total. The van der Waals surface area contributed by atoms with Gasteiger partial charge in [-0.25, -0.2) is 8.91 Å². The van der Waals surface area contributed by atoms with E-state index in [1.54, 1.807) is 6.07 Å². The molecule has 0 radical (unpaired) electrons. The van der Waals surface area contributed by atoms with Gasteiger partial charge in [-0.2, -0.15) is 15.5 Å². The largest absolute Gasteiger partial charge is 0.362 e. The third-order valence-electron chi connectivity index (χ3n) is 7.49. The lowest BCUT2D eigenvalue weighted by atomic mass is 9.96. The summed E-state index contributed by atoms with van der Waals surface area (Å²) in [5.41, 5.74) is 4.62. The Morgan fingerprint density at radius 2 is 2.12 bits per heavy atom. The second-order valence-corrected chi connectivity index (χ2v) is 9.68. The van der Waals surface area contributed by atoms with Gasteiger partial charge >= 0.3 is 0 Å². The Labute approximate surface area is 196 Å². The Bertz CT molecular complexity index is 1330. The first-order valence-corrected chi connectivity index (χ1v) is 11.9. The second kappa shape index (κ2) is 7.81. The summed E-state index contributed by atoms with van der Waals surface area (Å²) in [4.78, 5) is 17.2. The number of anilines is 1. The number of nitriles is 1. The molecule has 1 saturated heterocycles. The number of amides is 1. The lowest BCUT2D eigenvalue weighted by molar-refractivity contribution is -0.136. The number of nitrogens with zero attached hydrogens (tertiary/aromatic N) is 7. The number of aromatic nitrogens is 4. The third-order valence-corrected chi connectivity index (χ3v) is 7.49. The molecule has 3 aliphatic rings. The number of nitrogens with one attached hydrogen (secondary N) is 1. The first-order valence-electron chi connectivity index (χ1n) is 11.9. The van der Waals surface area contributed by atoms with Crippen LogP contribution >= 0.6 is 0 Å². The molecular weight excluding hydrogens is 435 g/mol. The number of pyridine rings is 1. The molecule has 0 aliphatic carbocycles. The van der Waals surface area contributed by atoms with Gasteiger partial charge in [0, 0.05) is 18.2 Å². The van der Waals surface area contributed by atoms with Crippen LogP contribution in [0.5, 0.6) is 0 Å². The number of carbonyl (C=O) groups excluding carboxylic acids is 1. The number of fused-ring (bicyclic) bond motifs is 4. The normalized spacial score (nSPS) is 24.2. The molecule has 0 saturated carbocycles. The number of hydrogen-bond donors (Lipinski definition) is 1. The van der Waals surface area contributed by atoms with Gasteiger partial charge in [0.05, 0.1) is 48.4 Å². The molecule has 0 bridgehead atoms. The van der Waals surface area contributed by atoms with Crippen molar-refractivity contribution in [2.45, 2.75) is 64.3 Å². The van der Waals surface area contributed by atoms with Crippen LogP contribution in [0.15, 0.2) is 18.3 Å². The number of carbonyl (C=O) groups is 1. The van der Waals surface area contributed by atoms with E-state index in [0.29, 0.717) is 30.8 Å². The van der Waals surface area contributed by atoms with Crippen LogP contribution in [0, 0.1) is 17.1 Å². The van der Waals surface area contributed by atoms with E-state index in [2.05, 4.69) is 39.9 Å². The van der Waals surface area contributed by atoms with Gasteiger partial charge in [0.1, 0.15) is 17.3 Å². The molecule has 0 aromatic carbocycles. The summed E-state index contributed by atoms with van der Waals surface area (Å²) in [5.74, 6) is -0.267. The maximum Gasteiger partial charge on any atom is 0.240 e. The Kier molecular flexibility index (Phi) is 4.85. The minimum atomic E-state index is -0.441. The highest BCUT2D eigenvalue weighted by Crippen LogP contribution is 2.35. The summed E-state index contributed by atoms with van der Waals surface area (Å²) >= 11 is 0. The maximum absolute atomic E-state index is 14.7. The first kappa shape index (κ1) is 21.1. The number of rotatable bonds is 2. The summed E-state index contributed by atoms with van der Waals surface area (Å²) in [6.07, 6.45) is 3.85. The van der Waals surface area contributed by atoms with Crippen LogP contribution in [-0.2, 0) is 24.3 Å². The molecule has 10 heteroatoms. The summed E-state index contributed by atoms with van der Waals surface area (Å²) in [6.45, 7) is 6.88. The average Bonchev–Trinajstić information content (AvgIpc) is 3.57. The van der Waals surface area contributed by atoms with Crippen LogP contribution in [0.25, 0.3) is 5.52 Å². The molecule has 3 aromatic rings. The SMILES string of the molecule is C[C@@H]1CN(c2ccc(C#N)n3ncc(F)c23)Cc2c3c(nn21)CN(C(=O)[C@H]1CCCN1)[C@@H](C)C3. The molecular formula is C24H27FN8O. The van der Waals surface area contributed by atoms with Crippen molar-refractivity contribution in [2.24, 2.45) is 0 Å². The van der Waals surface area contributed by atoms with Gasteiger partial charge < -0.3 is 15.1 Å². The molecule has 3 aliphatic heterocycles. The lowest BCUT2D eigenvalue weighted by Crippen LogP contribution is -2.49. The zero-order valence-electron chi connectivity index (χ0n) is 19.3. The van der Waals surface area contributed by atoms with Crippen molar-refractivity contribution in [3.63, 3.8) is 0 Å². The molecule has 34 heavy (non-hydrogen) atoms. The van der Waals surface area contributed by atoms with Crippen molar-refractivity contribution in [2.75, 3.05) is 18.0 Å². The van der Waals surface area contributed by atoms with E-state index in [1.165, 1.54) is 10.1 Å². The summed E-state index contributed by atoms with van der Waals surface area (Å²) in [7, 11) is 0. The lowest BCUT2D eigenvalue weighted by Gasteiger charge is -2.36. The first-order chi connectivity index (χ1) is 16.5. The number of halogens is 1. The van der Waals surface area contributed by atoms with Gasteiger partial charge in [0.2, 0.25) is 5.91 Å². The van der Waals surface area contributed by atoms with E-state index in [0.717, 1.165) is 49.1 Å². The monoisotopic (exact) mass is 462 g/mol. The van der Waals surface area contributed by atoms with E-state index in [-0.39, 0.29) is 24.0 Å². The van der Waals surface area contributed by atoms with Gasteiger partial charge in [-0.1, -0.05) is 0 Å². The smallest absolute Gasteiger partial charge is 0.240 e. The fourth-order valence-electron chi connectivity index (χ4n) is 5.78. The highest BCUT2D eigenvalue weighted by molar-refractivity contribution is 5.82. The Morgan fingerprint density at radius 1 is 1.26 bits per heavy atom. The maximum atomic E-state index is 14.7. The summed E-state index contributed by atoms with van der Waals surface area (Å²) < 4.78 is 18.2. The van der Waals surface area contributed by atoms with Crippen molar-refractivity contribution in [1.82, 2.24) is 29.6 Å². The van der Waals surface area contributed by atoms with Crippen LogP contribution in [-0.4, -0.2) is 55.4 Å². The molecule has 1 amide bonds. The minimum Gasteiger partial charge on any atom is -0.362 e. The van der Waals surface area contributed by atoms with Gasteiger partial charge in [0.15, 0.2) is 5.82 Å². The topological polar surface area (TPSA) is 94.5 Å². The van der Waals surface area contributed by atoms with Crippen LogP contribution in [0.3, 0.4) is 0 Å². The summed E-state index contributed by atoms with van der Waals surface area (Å²) in [6, 6.07) is 5.65. The van der Waals surface area contributed by atoms with Crippen molar-refractivity contribution >= 4 is 17.1 Å². The molecule has 3 aromatic heterocycles. The van der Waals surface area contributed by atoms with Crippen molar-refractivity contribution in [3.05, 3.63) is 46.8 Å². The predicted octanol–water partition coefficient (Wildman–Crippen LogP) is 2.15. The molecule has 6 rings (SSSR count). The van der Waals surface area contributed by atoms with Crippen LogP contribution < -0.4 is 10.2 Å². The molecule has 1 fully saturated rings. The van der Waals surface area contributed by atoms with E-state index in [4.69, 9.17) is 5.10 Å². The number of hydrogen-bond acceptors (Lipinski definition) is 6. The Morgan fingerprint density at radius 3 is 2.88 bits per heavy atom. The van der Waals surface area contributed by atoms with E-state index < -0.39 is 5.82 Å². The highest BCUT2D eigenvalue weighted by atomic mass is 19.1. The quantitative estimate of drug-likeness (QED) is 0.627. The fraction of sp³-hybridized carbons (Fsp3) is 0.500. The Balaban J connectivity index is 1.34. The van der Waals surface area contributed by atoms with E-state index in [1.807, 2.05) is 11.0 Å². The van der Waals surface area contributed by atoms with E-state index in [9.17, 15) is 14.4 Å². The van der Waals surface area contributed by atoms with Crippen LogP contribution in [0.2, 0.25) is 0 Å². The van der Waals surface area contributed by atoms with Crippen LogP contribution in [0.4, 0.5) is 10.1 Å². The van der Waals surface area contributed by atoms with Crippen LogP contribution in [0.1, 0.15) is 55.4 Å².